The molecule has 1 amide bonds. The molecule has 0 fully saturated rings. The third kappa shape index (κ3) is 4.23. The minimum absolute atomic E-state index is 0.107. The van der Waals surface area contributed by atoms with Crippen LogP contribution >= 0.6 is 0 Å². The highest BCUT2D eigenvalue weighted by Gasteiger charge is 2.35. The van der Waals surface area contributed by atoms with Gasteiger partial charge in [-0.3, -0.25) is 9.78 Å². The molecule has 0 atom stereocenters. The van der Waals surface area contributed by atoms with Gasteiger partial charge in [-0.2, -0.15) is 0 Å². The average molecular weight is 489 g/mol. The maximum atomic E-state index is 13.9. The summed E-state index contributed by atoms with van der Waals surface area (Å²) in [4.78, 5) is 20.3. The second-order valence-corrected chi connectivity index (χ2v) is 9.31. The predicted octanol–water partition coefficient (Wildman–Crippen LogP) is 7.01. The molecule has 2 heterocycles. The topological polar surface area (TPSA) is 42.4 Å². The number of carbonyl (C=O) groups excluding carboxylic acids is 1. The Kier molecular flexibility index (Phi) is 5.89. The van der Waals surface area contributed by atoms with Gasteiger partial charge in [0.2, 0.25) is 0 Å². The van der Waals surface area contributed by atoms with Gasteiger partial charge in [0.1, 0.15) is 17.4 Å². The van der Waals surface area contributed by atoms with Crippen LogP contribution in [0, 0.1) is 12.7 Å². The number of aromatic nitrogens is 1. The van der Waals surface area contributed by atoms with E-state index < -0.39 is 6.10 Å². The number of halogens is 1. The SMILES string of the molecule is Cc1c2c(c(OC(c3ccccc3)c3ccccc3)c3ncccc13)C(=O)N(Cc1ccc(F)cc1)C2. The maximum absolute atomic E-state index is 13.9. The maximum Gasteiger partial charge on any atom is 0.258 e. The van der Waals surface area contributed by atoms with E-state index in [4.69, 9.17) is 4.74 Å². The van der Waals surface area contributed by atoms with Gasteiger partial charge < -0.3 is 9.64 Å². The van der Waals surface area contributed by atoms with Gasteiger partial charge in [0, 0.05) is 24.7 Å². The molecule has 5 aromatic rings. The van der Waals surface area contributed by atoms with Crippen LogP contribution in [0.5, 0.6) is 5.75 Å². The molecule has 0 saturated heterocycles. The largest absolute Gasteiger partial charge is 0.478 e. The highest BCUT2D eigenvalue weighted by atomic mass is 19.1. The second-order valence-electron chi connectivity index (χ2n) is 9.31. The van der Waals surface area contributed by atoms with E-state index in [1.807, 2.05) is 79.7 Å². The van der Waals surface area contributed by atoms with E-state index in [-0.39, 0.29) is 11.7 Å². The van der Waals surface area contributed by atoms with Crippen molar-refractivity contribution in [1.29, 1.82) is 0 Å². The van der Waals surface area contributed by atoms with Crippen molar-refractivity contribution in [1.82, 2.24) is 9.88 Å². The zero-order valence-corrected chi connectivity index (χ0v) is 20.4. The van der Waals surface area contributed by atoms with E-state index in [1.165, 1.54) is 12.1 Å². The normalized spacial score (nSPS) is 12.8. The molecule has 0 bridgehead atoms. The Morgan fingerprint density at radius 2 is 1.54 bits per heavy atom. The number of pyridine rings is 1. The number of amides is 1. The van der Waals surface area contributed by atoms with Crippen LogP contribution < -0.4 is 4.74 Å². The zero-order chi connectivity index (χ0) is 25.4. The summed E-state index contributed by atoms with van der Waals surface area (Å²) >= 11 is 0. The van der Waals surface area contributed by atoms with Crippen LogP contribution in [0.2, 0.25) is 0 Å². The molecule has 1 aromatic heterocycles. The number of aryl methyl sites for hydroxylation is 1. The zero-order valence-electron chi connectivity index (χ0n) is 20.4. The van der Waals surface area contributed by atoms with E-state index in [9.17, 15) is 9.18 Å². The molecule has 4 nitrogen and oxygen atoms in total. The number of nitrogens with zero attached hydrogens (tertiary/aromatic N) is 2. The number of fused-ring (bicyclic) bond motifs is 2. The van der Waals surface area contributed by atoms with Gasteiger partial charge in [0.25, 0.3) is 5.91 Å². The third-order valence-corrected chi connectivity index (χ3v) is 6.99. The number of benzene rings is 4. The molecule has 0 saturated carbocycles. The van der Waals surface area contributed by atoms with Gasteiger partial charge in [-0.15, -0.1) is 0 Å². The van der Waals surface area contributed by atoms with Crippen molar-refractivity contribution in [3.63, 3.8) is 0 Å². The quantitative estimate of drug-likeness (QED) is 0.258. The Bertz CT molecular complexity index is 1550. The lowest BCUT2D eigenvalue weighted by atomic mass is 9.97. The first-order valence-corrected chi connectivity index (χ1v) is 12.3. The molecule has 5 heteroatoms. The molecule has 4 aromatic carbocycles. The van der Waals surface area contributed by atoms with Crippen LogP contribution in [0.25, 0.3) is 10.9 Å². The van der Waals surface area contributed by atoms with Crippen LogP contribution in [0.1, 0.15) is 44.3 Å². The first-order chi connectivity index (χ1) is 18.1. The molecule has 6 rings (SSSR count). The Morgan fingerprint density at radius 1 is 0.892 bits per heavy atom. The summed E-state index contributed by atoms with van der Waals surface area (Å²) in [5.41, 5.74) is 6.05. The molecule has 1 aliphatic rings. The summed E-state index contributed by atoms with van der Waals surface area (Å²) in [6.07, 6.45) is 1.31. The molecule has 37 heavy (non-hydrogen) atoms. The van der Waals surface area contributed by atoms with Gasteiger partial charge in [-0.25, -0.2) is 4.39 Å². The summed E-state index contributed by atoms with van der Waals surface area (Å²) in [6, 6.07) is 30.2. The lowest BCUT2D eigenvalue weighted by Crippen LogP contribution is -2.23. The molecule has 0 unspecified atom stereocenters. The number of ether oxygens (including phenoxy) is 1. The number of rotatable bonds is 6. The van der Waals surface area contributed by atoms with E-state index in [2.05, 4.69) is 4.98 Å². The van der Waals surface area contributed by atoms with E-state index >= 15 is 0 Å². The van der Waals surface area contributed by atoms with Gasteiger partial charge in [-0.1, -0.05) is 78.9 Å². The summed E-state index contributed by atoms with van der Waals surface area (Å²) in [5, 5.41) is 0.965. The van der Waals surface area contributed by atoms with Gasteiger partial charge in [-0.05, 0) is 52.9 Å². The molecule has 182 valence electrons. The van der Waals surface area contributed by atoms with Crippen LogP contribution in [0.4, 0.5) is 4.39 Å². The van der Waals surface area contributed by atoms with Crippen molar-refractivity contribution in [3.8, 4) is 5.75 Å². The highest BCUT2D eigenvalue weighted by Crippen LogP contribution is 2.43. The Balaban J connectivity index is 1.48. The first-order valence-electron chi connectivity index (χ1n) is 12.3. The molecular weight excluding hydrogens is 463 g/mol. The Morgan fingerprint density at radius 3 is 2.19 bits per heavy atom. The third-order valence-electron chi connectivity index (χ3n) is 6.99. The van der Waals surface area contributed by atoms with Gasteiger partial charge >= 0.3 is 0 Å². The minimum atomic E-state index is -0.418. The lowest BCUT2D eigenvalue weighted by Gasteiger charge is -2.23. The van der Waals surface area contributed by atoms with Crippen molar-refractivity contribution in [2.24, 2.45) is 0 Å². The van der Waals surface area contributed by atoms with Crippen LogP contribution in [0.3, 0.4) is 0 Å². The fraction of sp³-hybridized carbons (Fsp3) is 0.125. The van der Waals surface area contributed by atoms with Gasteiger partial charge in [0.15, 0.2) is 5.75 Å². The van der Waals surface area contributed by atoms with Crippen molar-refractivity contribution in [3.05, 3.63) is 142 Å². The number of hydrogen-bond acceptors (Lipinski definition) is 3. The standard InChI is InChI=1S/C32H25FN2O2/c1-21-26-13-8-18-34-29(26)31(37-30(23-9-4-2-5-10-23)24-11-6-3-7-12-24)28-27(21)20-35(32(28)36)19-22-14-16-25(33)17-15-22/h2-18,30H,19-20H2,1H3. The first kappa shape index (κ1) is 22.9. The minimum Gasteiger partial charge on any atom is -0.478 e. The summed E-state index contributed by atoms with van der Waals surface area (Å²) < 4.78 is 20.3. The fourth-order valence-corrected chi connectivity index (χ4v) is 5.09. The molecule has 1 aliphatic heterocycles. The van der Waals surface area contributed by atoms with Crippen LogP contribution in [0.15, 0.2) is 103 Å². The van der Waals surface area contributed by atoms with Gasteiger partial charge in [0.05, 0.1) is 5.56 Å². The summed E-state index contributed by atoms with van der Waals surface area (Å²) in [7, 11) is 0. The van der Waals surface area contributed by atoms with E-state index in [0.717, 1.165) is 33.2 Å². The summed E-state index contributed by atoms with van der Waals surface area (Å²) in [5.74, 6) is 0.0990. The van der Waals surface area contributed by atoms with Crippen molar-refractivity contribution in [2.45, 2.75) is 26.1 Å². The second kappa shape index (κ2) is 9.51. The summed E-state index contributed by atoms with van der Waals surface area (Å²) in [6.45, 7) is 2.88. The smallest absolute Gasteiger partial charge is 0.258 e. The fourth-order valence-electron chi connectivity index (χ4n) is 5.09. The molecule has 0 spiro atoms. The lowest BCUT2D eigenvalue weighted by molar-refractivity contribution is 0.0762. The van der Waals surface area contributed by atoms with Crippen molar-refractivity contribution >= 4 is 16.8 Å². The predicted molar refractivity (Wildman–Crippen MR) is 142 cm³/mol. The van der Waals surface area contributed by atoms with Crippen molar-refractivity contribution in [2.75, 3.05) is 0 Å². The Hall–Kier alpha value is -4.51. The van der Waals surface area contributed by atoms with E-state index in [0.29, 0.717) is 29.9 Å². The van der Waals surface area contributed by atoms with Crippen molar-refractivity contribution < 1.29 is 13.9 Å². The van der Waals surface area contributed by atoms with Crippen LogP contribution in [-0.2, 0) is 13.1 Å². The van der Waals surface area contributed by atoms with E-state index in [1.54, 1.807) is 23.2 Å². The molecular formula is C32H25FN2O2. The molecule has 0 aliphatic carbocycles. The Labute approximate surface area is 215 Å². The number of carbonyl (C=O) groups is 1. The monoisotopic (exact) mass is 488 g/mol. The molecule has 0 N–H and O–H groups in total. The van der Waals surface area contributed by atoms with Crippen LogP contribution in [-0.4, -0.2) is 15.8 Å². The highest BCUT2D eigenvalue weighted by molar-refractivity contribution is 6.07. The average Bonchev–Trinajstić information content (AvgIpc) is 3.27. The number of hydrogen-bond donors (Lipinski definition) is 0. The molecule has 0 radical (unpaired) electrons.